The van der Waals surface area contributed by atoms with E-state index in [0.717, 1.165) is 44.0 Å². The van der Waals surface area contributed by atoms with Gasteiger partial charge in [-0.3, -0.25) is 4.79 Å². The molecule has 29 heavy (non-hydrogen) atoms. The molecular formula is C24H31N3O2. The number of benzene rings is 2. The van der Waals surface area contributed by atoms with Crippen LogP contribution in [0.1, 0.15) is 25.7 Å². The number of para-hydroxylation sites is 3. The fourth-order valence-corrected chi connectivity index (χ4v) is 4.25. The Hall–Kier alpha value is -2.53. The molecule has 0 bridgehead atoms. The number of ether oxygens (including phenoxy) is 1. The summed E-state index contributed by atoms with van der Waals surface area (Å²) in [7, 11) is 0. The first-order valence-corrected chi connectivity index (χ1v) is 10.9. The molecular weight excluding hydrogens is 362 g/mol. The lowest BCUT2D eigenvalue weighted by molar-refractivity contribution is -0.118. The Kier molecular flexibility index (Phi) is 6.67. The van der Waals surface area contributed by atoms with E-state index in [9.17, 15) is 4.79 Å². The minimum Gasteiger partial charge on any atom is -0.494 e. The molecule has 0 aliphatic carbocycles. The molecule has 1 saturated heterocycles. The third-order valence-corrected chi connectivity index (χ3v) is 5.84. The van der Waals surface area contributed by atoms with Crippen LogP contribution in [0.3, 0.4) is 0 Å². The number of rotatable bonds is 8. The molecule has 0 spiro atoms. The standard InChI is InChI=1S/C24H31N3O2/c28-24(13-8-20-29-21-9-2-1-3-10-21)27-19-18-26(17-16-25-14-6-7-15-25)22-11-4-5-12-23(22)27/h1-5,9-12H,6-8,13-20H2. The minimum absolute atomic E-state index is 0.188. The third kappa shape index (κ3) is 5.10. The van der Waals surface area contributed by atoms with Crippen molar-refractivity contribution in [2.45, 2.75) is 25.7 Å². The Bertz CT molecular complexity index is 790. The Morgan fingerprint density at radius 3 is 2.34 bits per heavy atom. The molecule has 5 heteroatoms. The SMILES string of the molecule is O=C(CCCOc1ccccc1)N1CCN(CCN2CCCC2)c2ccccc21. The number of fused-ring (bicyclic) bond motifs is 1. The average molecular weight is 394 g/mol. The highest BCUT2D eigenvalue weighted by Gasteiger charge is 2.26. The van der Waals surface area contributed by atoms with Gasteiger partial charge in [-0.15, -0.1) is 0 Å². The molecule has 4 rings (SSSR count). The van der Waals surface area contributed by atoms with Gasteiger partial charge in [0.2, 0.25) is 5.91 Å². The highest BCUT2D eigenvalue weighted by atomic mass is 16.5. The lowest BCUT2D eigenvalue weighted by Crippen LogP contribution is -2.46. The summed E-state index contributed by atoms with van der Waals surface area (Å²) in [5.41, 5.74) is 2.24. The largest absolute Gasteiger partial charge is 0.494 e. The minimum atomic E-state index is 0.188. The predicted octanol–water partition coefficient (Wildman–Crippen LogP) is 3.79. The molecule has 0 unspecified atom stereocenters. The van der Waals surface area contributed by atoms with E-state index < -0.39 is 0 Å². The van der Waals surface area contributed by atoms with Gasteiger partial charge in [-0.05, 0) is 56.6 Å². The molecule has 1 amide bonds. The van der Waals surface area contributed by atoms with E-state index in [4.69, 9.17) is 4.74 Å². The monoisotopic (exact) mass is 393 g/mol. The van der Waals surface area contributed by atoms with Crippen molar-refractivity contribution in [3.8, 4) is 5.75 Å². The molecule has 0 aromatic heterocycles. The Labute approximate surface area is 173 Å². The molecule has 2 aliphatic rings. The van der Waals surface area contributed by atoms with Gasteiger partial charge in [0.1, 0.15) is 5.75 Å². The number of nitrogens with zero attached hydrogens (tertiary/aromatic N) is 3. The van der Waals surface area contributed by atoms with Crippen LogP contribution in [0, 0.1) is 0 Å². The van der Waals surface area contributed by atoms with Gasteiger partial charge in [0.05, 0.1) is 18.0 Å². The van der Waals surface area contributed by atoms with Gasteiger partial charge in [-0.2, -0.15) is 0 Å². The summed E-state index contributed by atoms with van der Waals surface area (Å²) in [6.45, 7) is 6.82. The molecule has 2 aromatic carbocycles. The predicted molar refractivity (Wildman–Crippen MR) is 118 cm³/mol. The molecule has 0 saturated carbocycles. The summed E-state index contributed by atoms with van der Waals surface area (Å²) in [6.07, 6.45) is 3.89. The topological polar surface area (TPSA) is 36.0 Å². The number of carbonyl (C=O) groups is 1. The van der Waals surface area contributed by atoms with Crippen LogP contribution >= 0.6 is 0 Å². The van der Waals surface area contributed by atoms with Crippen molar-refractivity contribution in [2.24, 2.45) is 0 Å². The first-order valence-electron chi connectivity index (χ1n) is 10.9. The molecule has 0 N–H and O–H groups in total. The van der Waals surface area contributed by atoms with Gasteiger partial charge >= 0.3 is 0 Å². The highest BCUT2D eigenvalue weighted by Crippen LogP contribution is 2.33. The quantitative estimate of drug-likeness (QED) is 0.639. The van der Waals surface area contributed by atoms with Crippen molar-refractivity contribution in [1.82, 2.24) is 4.90 Å². The molecule has 2 heterocycles. The maximum atomic E-state index is 12.9. The van der Waals surface area contributed by atoms with Gasteiger partial charge in [-0.1, -0.05) is 30.3 Å². The van der Waals surface area contributed by atoms with Gasteiger partial charge in [0.25, 0.3) is 0 Å². The molecule has 5 nitrogen and oxygen atoms in total. The first kappa shape index (κ1) is 19.8. The van der Waals surface area contributed by atoms with Gasteiger partial charge in [0, 0.05) is 32.6 Å². The Morgan fingerprint density at radius 2 is 1.55 bits per heavy atom. The summed E-state index contributed by atoms with van der Waals surface area (Å²) in [5, 5.41) is 0. The fraction of sp³-hybridized carbons (Fsp3) is 0.458. The van der Waals surface area contributed by atoms with Crippen molar-refractivity contribution in [1.29, 1.82) is 0 Å². The van der Waals surface area contributed by atoms with Crippen LogP contribution < -0.4 is 14.5 Å². The van der Waals surface area contributed by atoms with E-state index in [1.165, 1.54) is 31.6 Å². The summed E-state index contributed by atoms with van der Waals surface area (Å²) < 4.78 is 5.73. The first-order chi connectivity index (χ1) is 14.3. The number of hydrogen-bond acceptors (Lipinski definition) is 4. The van der Waals surface area contributed by atoms with E-state index in [1.807, 2.05) is 41.3 Å². The fourth-order valence-electron chi connectivity index (χ4n) is 4.25. The van der Waals surface area contributed by atoms with Crippen LogP contribution in [0.25, 0.3) is 0 Å². The number of amides is 1. The zero-order chi connectivity index (χ0) is 19.9. The van der Waals surface area contributed by atoms with Crippen LogP contribution in [-0.4, -0.2) is 56.7 Å². The van der Waals surface area contributed by atoms with Gasteiger partial charge in [0.15, 0.2) is 0 Å². The molecule has 2 aromatic rings. The summed E-state index contributed by atoms with van der Waals surface area (Å²) in [6, 6.07) is 18.1. The Morgan fingerprint density at radius 1 is 0.828 bits per heavy atom. The summed E-state index contributed by atoms with van der Waals surface area (Å²) in [4.78, 5) is 19.8. The van der Waals surface area contributed by atoms with Crippen molar-refractivity contribution < 1.29 is 9.53 Å². The second kappa shape index (κ2) is 9.79. The van der Waals surface area contributed by atoms with Crippen molar-refractivity contribution in [3.05, 3.63) is 54.6 Å². The Balaban J connectivity index is 1.31. The zero-order valence-electron chi connectivity index (χ0n) is 17.1. The second-order valence-corrected chi connectivity index (χ2v) is 7.83. The van der Waals surface area contributed by atoms with Crippen LogP contribution in [0.4, 0.5) is 11.4 Å². The van der Waals surface area contributed by atoms with Crippen LogP contribution in [0.15, 0.2) is 54.6 Å². The summed E-state index contributed by atoms with van der Waals surface area (Å²) in [5.74, 6) is 1.05. The van der Waals surface area contributed by atoms with Crippen molar-refractivity contribution in [2.75, 3.05) is 55.7 Å². The van der Waals surface area contributed by atoms with Crippen LogP contribution in [-0.2, 0) is 4.79 Å². The van der Waals surface area contributed by atoms with Gasteiger partial charge < -0.3 is 19.4 Å². The second-order valence-electron chi connectivity index (χ2n) is 7.83. The van der Waals surface area contributed by atoms with Crippen LogP contribution in [0.2, 0.25) is 0 Å². The van der Waals surface area contributed by atoms with E-state index in [1.54, 1.807) is 0 Å². The number of anilines is 2. The number of carbonyl (C=O) groups excluding carboxylic acids is 1. The zero-order valence-corrected chi connectivity index (χ0v) is 17.1. The van der Waals surface area contributed by atoms with E-state index in [-0.39, 0.29) is 5.91 Å². The lowest BCUT2D eigenvalue weighted by Gasteiger charge is -2.38. The normalized spacial score (nSPS) is 16.7. The maximum absolute atomic E-state index is 12.9. The van der Waals surface area contributed by atoms with Crippen molar-refractivity contribution >= 4 is 17.3 Å². The number of hydrogen-bond donors (Lipinski definition) is 0. The molecule has 0 atom stereocenters. The lowest BCUT2D eigenvalue weighted by atomic mass is 10.1. The average Bonchev–Trinajstić information content (AvgIpc) is 3.29. The molecule has 0 radical (unpaired) electrons. The van der Waals surface area contributed by atoms with Crippen molar-refractivity contribution in [3.63, 3.8) is 0 Å². The number of likely N-dealkylation sites (tertiary alicyclic amines) is 1. The van der Waals surface area contributed by atoms with E-state index in [2.05, 4.69) is 28.0 Å². The maximum Gasteiger partial charge on any atom is 0.227 e. The smallest absolute Gasteiger partial charge is 0.227 e. The van der Waals surface area contributed by atoms with E-state index >= 15 is 0 Å². The molecule has 2 aliphatic heterocycles. The highest BCUT2D eigenvalue weighted by molar-refractivity contribution is 5.97. The van der Waals surface area contributed by atoms with Crippen LogP contribution in [0.5, 0.6) is 5.75 Å². The molecule has 154 valence electrons. The third-order valence-electron chi connectivity index (χ3n) is 5.84. The van der Waals surface area contributed by atoms with Gasteiger partial charge in [-0.25, -0.2) is 0 Å². The van der Waals surface area contributed by atoms with E-state index in [0.29, 0.717) is 13.0 Å². The molecule has 1 fully saturated rings. The summed E-state index contributed by atoms with van der Waals surface area (Å²) >= 11 is 0.